The standard InChI is InChI=1S/C26H25N3O3S/c1-16-6-8-21(9-7-16)29-25(31)23(24(30)27(4)26(29)33)15-19-14-17(2)28(18(19)3)20-10-12-22(32-5)13-11-20/h6-15H,1-5H3/b23-15+. The summed E-state index contributed by atoms with van der Waals surface area (Å²) in [6.07, 6.45) is 1.66. The predicted molar refractivity (Wildman–Crippen MR) is 134 cm³/mol. The van der Waals surface area contributed by atoms with E-state index >= 15 is 0 Å². The minimum Gasteiger partial charge on any atom is -0.497 e. The van der Waals surface area contributed by atoms with E-state index in [1.54, 1.807) is 20.2 Å². The third-order valence-electron chi connectivity index (χ3n) is 5.84. The molecule has 1 aromatic heterocycles. The van der Waals surface area contributed by atoms with Gasteiger partial charge in [0.05, 0.1) is 12.8 Å². The molecule has 2 amide bonds. The Bertz CT molecular complexity index is 1290. The second-order valence-electron chi connectivity index (χ2n) is 8.04. The van der Waals surface area contributed by atoms with Gasteiger partial charge in [0.2, 0.25) is 0 Å². The Labute approximate surface area is 198 Å². The molecule has 1 aliphatic rings. The number of likely N-dealkylation sites (N-methyl/N-ethyl adjacent to an activating group) is 1. The Morgan fingerprint density at radius 3 is 2.09 bits per heavy atom. The van der Waals surface area contributed by atoms with Gasteiger partial charge in [-0.2, -0.15) is 0 Å². The van der Waals surface area contributed by atoms with E-state index in [0.717, 1.165) is 34.0 Å². The molecular formula is C26H25N3O3S. The molecule has 1 fully saturated rings. The number of amides is 2. The number of thiocarbonyl (C=S) groups is 1. The number of methoxy groups -OCH3 is 1. The Balaban J connectivity index is 1.77. The van der Waals surface area contributed by atoms with Gasteiger partial charge in [-0.05, 0) is 87.1 Å². The van der Waals surface area contributed by atoms with Crippen LogP contribution >= 0.6 is 12.2 Å². The maximum absolute atomic E-state index is 13.4. The summed E-state index contributed by atoms with van der Waals surface area (Å²) in [5, 5.41) is 0.162. The number of hydrogen-bond acceptors (Lipinski definition) is 4. The van der Waals surface area contributed by atoms with Crippen LogP contribution in [0.5, 0.6) is 5.75 Å². The lowest BCUT2D eigenvalue weighted by atomic mass is 10.1. The van der Waals surface area contributed by atoms with Gasteiger partial charge in [0.15, 0.2) is 5.11 Å². The highest BCUT2D eigenvalue weighted by Gasteiger charge is 2.38. The normalized spacial score (nSPS) is 15.5. The quantitative estimate of drug-likeness (QED) is 0.325. The SMILES string of the molecule is COc1ccc(-n2c(C)cc(/C=C3\C(=O)N(C)C(=S)N(c4ccc(C)cc4)C3=O)c2C)cc1. The second-order valence-corrected chi connectivity index (χ2v) is 8.41. The van der Waals surface area contributed by atoms with Crippen LogP contribution in [0.2, 0.25) is 0 Å². The highest BCUT2D eigenvalue weighted by Crippen LogP contribution is 2.28. The van der Waals surface area contributed by atoms with Crippen LogP contribution in [-0.2, 0) is 9.59 Å². The van der Waals surface area contributed by atoms with Gasteiger partial charge in [-0.1, -0.05) is 17.7 Å². The van der Waals surface area contributed by atoms with Gasteiger partial charge in [-0.3, -0.25) is 19.4 Å². The summed E-state index contributed by atoms with van der Waals surface area (Å²) in [4.78, 5) is 29.2. The zero-order chi connectivity index (χ0) is 23.9. The number of hydrogen-bond donors (Lipinski definition) is 0. The largest absolute Gasteiger partial charge is 0.497 e. The Morgan fingerprint density at radius 1 is 0.879 bits per heavy atom. The van der Waals surface area contributed by atoms with Gasteiger partial charge in [-0.15, -0.1) is 0 Å². The predicted octanol–water partition coefficient (Wildman–Crippen LogP) is 4.58. The fraction of sp³-hybridized carbons (Fsp3) is 0.192. The summed E-state index contributed by atoms with van der Waals surface area (Å²) in [6, 6.07) is 17.2. The second kappa shape index (κ2) is 8.67. The lowest BCUT2D eigenvalue weighted by Crippen LogP contribution is -2.54. The van der Waals surface area contributed by atoms with Crippen LogP contribution in [0.1, 0.15) is 22.5 Å². The molecule has 4 rings (SSSR count). The molecule has 0 atom stereocenters. The average molecular weight is 460 g/mol. The average Bonchev–Trinajstić information content (AvgIpc) is 3.09. The van der Waals surface area contributed by atoms with Crippen LogP contribution in [0.25, 0.3) is 11.8 Å². The summed E-state index contributed by atoms with van der Waals surface area (Å²) >= 11 is 5.44. The molecular weight excluding hydrogens is 434 g/mol. The molecule has 1 aliphatic heterocycles. The van der Waals surface area contributed by atoms with Crippen LogP contribution in [0.15, 0.2) is 60.2 Å². The van der Waals surface area contributed by atoms with Crippen molar-refractivity contribution >= 4 is 40.9 Å². The topological polar surface area (TPSA) is 54.8 Å². The van der Waals surface area contributed by atoms with Gasteiger partial charge >= 0.3 is 0 Å². The van der Waals surface area contributed by atoms with Gasteiger partial charge in [0, 0.05) is 24.1 Å². The molecule has 3 aromatic rings. The van der Waals surface area contributed by atoms with Crippen molar-refractivity contribution in [1.29, 1.82) is 0 Å². The maximum atomic E-state index is 13.4. The molecule has 0 saturated carbocycles. The van der Waals surface area contributed by atoms with Crippen molar-refractivity contribution < 1.29 is 14.3 Å². The van der Waals surface area contributed by atoms with Crippen LogP contribution in [0.4, 0.5) is 5.69 Å². The highest BCUT2D eigenvalue weighted by molar-refractivity contribution is 7.80. The summed E-state index contributed by atoms with van der Waals surface area (Å²) in [5.74, 6) is -0.0685. The first-order valence-corrected chi connectivity index (χ1v) is 10.9. The van der Waals surface area contributed by atoms with Crippen LogP contribution in [-0.4, -0.2) is 40.6 Å². The summed E-state index contributed by atoms with van der Waals surface area (Å²) in [6.45, 7) is 5.93. The van der Waals surface area contributed by atoms with Crippen molar-refractivity contribution in [2.24, 2.45) is 0 Å². The van der Waals surface area contributed by atoms with E-state index in [1.165, 1.54) is 9.80 Å². The van der Waals surface area contributed by atoms with Crippen molar-refractivity contribution in [2.75, 3.05) is 19.1 Å². The molecule has 1 saturated heterocycles. The number of carbonyl (C=O) groups excluding carboxylic acids is 2. The third-order valence-corrected chi connectivity index (χ3v) is 6.30. The lowest BCUT2D eigenvalue weighted by Gasteiger charge is -2.34. The molecule has 0 radical (unpaired) electrons. The van der Waals surface area contributed by atoms with Crippen LogP contribution in [0.3, 0.4) is 0 Å². The Kier molecular flexibility index (Phi) is 5.91. The van der Waals surface area contributed by atoms with E-state index < -0.39 is 11.8 Å². The number of benzene rings is 2. The number of nitrogens with zero attached hydrogens (tertiary/aromatic N) is 3. The third kappa shape index (κ3) is 3.96. The van der Waals surface area contributed by atoms with Crippen molar-refractivity contribution in [3.63, 3.8) is 0 Å². The lowest BCUT2D eigenvalue weighted by molar-refractivity contribution is -0.127. The number of ether oxygens (including phenoxy) is 1. The van der Waals surface area contributed by atoms with Crippen molar-refractivity contribution in [2.45, 2.75) is 20.8 Å². The van der Waals surface area contributed by atoms with Gasteiger partial charge < -0.3 is 9.30 Å². The zero-order valence-electron chi connectivity index (χ0n) is 19.2. The summed E-state index contributed by atoms with van der Waals surface area (Å²) < 4.78 is 7.33. The number of aryl methyl sites for hydroxylation is 2. The van der Waals surface area contributed by atoms with Gasteiger partial charge in [0.25, 0.3) is 11.8 Å². The van der Waals surface area contributed by atoms with Gasteiger partial charge in [0.1, 0.15) is 11.3 Å². The number of anilines is 1. The molecule has 33 heavy (non-hydrogen) atoms. The number of rotatable bonds is 4. The molecule has 6 nitrogen and oxygen atoms in total. The fourth-order valence-electron chi connectivity index (χ4n) is 3.98. The molecule has 168 valence electrons. The van der Waals surface area contributed by atoms with E-state index in [2.05, 4.69) is 4.57 Å². The van der Waals surface area contributed by atoms with E-state index in [9.17, 15) is 9.59 Å². The van der Waals surface area contributed by atoms with Gasteiger partial charge in [-0.25, -0.2) is 0 Å². The maximum Gasteiger partial charge on any atom is 0.270 e. The number of carbonyl (C=O) groups is 2. The molecule has 7 heteroatoms. The number of aromatic nitrogens is 1. The minimum absolute atomic E-state index is 0.0710. The molecule has 0 bridgehead atoms. The van der Waals surface area contributed by atoms with Crippen molar-refractivity contribution in [1.82, 2.24) is 9.47 Å². The van der Waals surface area contributed by atoms with Crippen molar-refractivity contribution in [3.05, 3.63) is 82.7 Å². The summed E-state index contributed by atoms with van der Waals surface area (Å²) in [7, 11) is 3.22. The van der Waals surface area contributed by atoms with E-state index in [4.69, 9.17) is 17.0 Å². The van der Waals surface area contributed by atoms with E-state index in [1.807, 2.05) is 75.4 Å². The molecule has 0 N–H and O–H groups in total. The Morgan fingerprint density at radius 2 is 1.48 bits per heavy atom. The van der Waals surface area contributed by atoms with Crippen molar-refractivity contribution in [3.8, 4) is 11.4 Å². The molecule has 0 aliphatic carbocycles. The minimum atomic E-state index is -0.429. The summed E-state index contributed by atoms with van der Waals surface area (Å²) in [5.41, 5.74) is 5.44. The molecule has 2 heterocycles. The van der Waals surface area contributed by atoms with Crippen LogP contribution in [0, 0.1) is 20.8 Å². The van der Waals surface area contributed by atoms with E-state index in [0.29, 0.717) is 5.69 Å². The Hall–Kier alpha value is -3.71. The smallest absolute Gasteiger partial charge is 0.270 e. The van der Waals surface area contributed by atoms with Crippen LogP contribution < -0.4 is 9.64 Å². The molecule has 0 unspecified atom stereocenters. The highest BCUT2D eigenvalue weighted by atomic mass is 32.1. The molecule has 2 aromatic carbocycles. The zero-order valence-corrected chi connectivity index (χ0v) is 20.1. The first-order chi connectivity index (χ1) is 15.7. The fourth-order valence-corrected chi connectivity index (χ4v) is 4.25. The van der Waals surface area contributed by atoms with E-state index in [-0.39, 0.29) is 10.7 Å². The monoisotopic (exact) mass is 459 g/mol. The molecule has 0 spiro atoms. The first-order valence-electron chi connectivity index (χ1n) is 10.5. The first kappa shape index (κ1) is 22.5.